The zero-order valence-corrected chi connectivity index (χ0v) is 10.4. The number of hydrogen-bond acceptors (Lipinski definition) is 4. The molecule has 3 rings (SSSR count). The molecule has 0 aliphatic carbocycles. The van der Waals surface area contributed by atoms with Gasteiger partial charge in [0, 0.05) is 38.4 Å². The fraction of sp³-hybridized carbons (Fsp3) is 0.385. The zero-order chi connectivity index (χ0) is 12.5. The van der Waals surface area contributed by atoms with Crippen LogP contribution in [0.15, 0.2) is 29.2 Å². The maximum Gasteiger partial charge on any atom is 0.259 e. The highest BCUT2D eigenvalue weighted by Crippen LogP contribution is 2.11. The highest BCUT2D eigenvalue weighted by atomic mass is 16.1. The number of rotatable bonds is 1. The molecular formula is C13H16N4O. The molecule has 3 heterocycles. The van der Waals surface area contributed by atoms with E-state index in [9.17, 15) is 4.79 Å². The summed E-state index contributed by atoms with van der Waals surface area (Å²) in [5, 5.41) is 3.29. The maximum atomic E-state index is 12.1. The van der Waals surface area contributed by atoms with Crippen LogP contribution in [0.1, 0.15) is 5.56 Å². The van der Waals surface area contributed by atoms with Gasteiger partial charge >= 0.3 is 0 Å². The van der Waals surface area contributed by atoms with Gasteiger partial charge in [-0.25, -0.2) is 4.98 Å². The second-order valence-electron chi connectivity index (χ2n) is 4.62. The molecule has 18 heavy (non-hydrogen) atoms. The Hall–Kier alpha value is -1.88. The summed E-state index contributed by atoms with van der Waals surface area (Å²) in [6.45, 7) is 5.64. The first-order valence-corrected chi connectivity index (χ1v) is 6.20. The summed E-state index contributed by atoms with van der Waals surface area (Å²) in [5.74, 6) is 0.783. The van der Waals surface area contributed by atoms with E-state index in [0.717, 1.165) is 37.6 Å². The van der Waals surface area contributed by atoms with Gasteiger partial charge in [0.05, 0.1) is 0 Å². The van der Waals surface area contributed by atoms with Crippen LogP contribution in [-0.4, -0.2) is 35.6 Å². The summed E-state index contributed by atoms with van der Waals surface area (Å²) in [5.41, 5.74) is 1.75. The minimum atomic E-state index is -0.0165. The molecule has 0 atom stereocenters. The summed E-state index contributed by atoms with van der Waals surface area (Å²) in [6, 6.07) is 5.49. The van der Waals surface area contributed by atoms with Crippen LogP contribution in [0.25, 0.3) is 5.65 Å². The fourth-order valence-electron chi connectivity index (χ4n) is 2.25. The molecule has 94 valence electrons. The minimum absolute atomic E-state index is 0.0165. The van der Waals surface area contributed by atoms with Crippen LogP contribution in [0.3, 0.4) is 0 Å². The number of hydrogen-bond donors (Lipinski definition) is 1. The Morgan fingerprint density at radius 2 is 2.06 bits per heavy atom. The number of nitrogens with zero attached hydrogens (tertiary/aromatic N) is 3. The second-order valence-corrected chi connectivity index (χ2v) is 4.62. The number of aryl methyl sites for hydroxylation is 1. The number of pyridine rings is 1. The Labute approximate surface area is 105 Å². The molecule has 1 aliphatic rings. The van der Waals surface area contributed by atoms with Crippen LogP contribution in [0.2, 0.25) is 0 Å². The first kappa shape index (κ1) is 11.2. The van der Waals surface area contributed by atoms with Crippen molar-refractivity contribution in [2.24, 2.45) is 0 Å². The topological polar surface area (TPSA) is 49.6 Å². The van der Waals surface area contributed by atoms with E-state index in [1.165, 1.54) is 0 Å². The smallest absolute Gasteiger partial charge is 0.259 e. The first-order chi connectivity index (χ1) is 8.74. The molecule has 1 saturated heterocycles. The molecule has 0 aromatic carbocycles. The molecule has 5 nitrogen and oxygen atoms in total. The average Bonchev–Trinajstić information content (AvgIpc) is 2.40. The van der Waals surface area contributed by atoms with Crippen LogP contribution < -0.4 is 15.8 Å². The van der Waals surface area contributed by atoms with Crippen LogP contribution in [-0.2, 0) is 0 Å². The first-order valence-electron chi connectivity index (χ1n) is 6.20. The largest absolute Gasteiger partial charge is 0.354 e. The molecule has 0 amide bonds. The number of aromatic nitrogens is 2. The van der Waals surface area contributed by atoms with E-state index in [1.807, 2.05) is 25.3 Å². The highest BCUT2D eigenvalue weighted by Gasteiger charge is 2.13. The molecule has 2 aromatic heterocycles. The van der Waals surface area contributed by atoms with Crippen molar-refractivity contribution < 1.29 is 0 Å². The standard InChI is InChI=1S/C13H16N4O/c1-10-2-3-11-15-12(8-13(18)17(11)9-10)16-6-4-14-5-7-16/h2-3,8-9,14H,4-7H2,1H3. The van der Waals surface area contributed by atoms with Crippen molar-refractivity contribution in [3.05, 3.63) is 40.3 Å². The second kappa shape index (κ2) is 4.42. The van der Waals surface area contributed by atoms with Gasteiger partial charge in [0.15, 0.2) is 0 Å². The van der Waals surface area contributed by atoms with Gasteiger partial charge in [-0.15, -0.1) is 0 Å². The van der Waals surface area contributed by atoms with E-state index >= 15 is 0 Å². The van der Waals surface area contributed by atoms with Gasteiger partial charge in [0.25, 0.3) is 5.56 Å². The monoisotopic (exact) mass is 244 g/mol. The molecule has 0 saturated carbocycles. The normalized spacial score (nSPS) is 16.2. The molecule has 2 aromatic rings. The van der Waals surface area contributed by atoms with Gasteiger partial charge < -0.3 is 10.2 Å². The van der Waals surface area contributed by atoms with E-state index in [4.69, 9.17) is 0 Å². The number of nitrogens with one attached hydrogen (secondary N) is 1. The number of anilines is 1. The predicted octanol–water partition coefficient (Wildman–Crippen LogP) is 0.413. The van der Waals surface area contributed by atoms with Gasteiger partial charge in [-0.3, -0.25) is 9.20 Å². The Morgan fingerprint density at radius 3 is 2.83 bits per heavy atom. The van der Waals surface area contributed by atoms with Gasteiger partial charge in [0.2, 0.25) is 0 Å². The van der Waals surface area contributed by atoms with E-state index in [0.29, 0.717) is 5.65 Å². The lowest BCUT2D eigenvalue weighted by atomic mass is 10.3. The quantitative estimate of drug-likeness (QED) is 0.789. The number of piperazine rings is 1. The van der Waals surface area contributed by atoms with Crippen LogP contribution in [0.5, 0.6) is 0 Å². The average molecular weight is 244 g/mol. The molecule has 1 aliphatic heterocycles. The minimum Gasteiger partial charge on any atom is -0.354 e. The SMILES string of the molecule is Cc1ccc2nc(N3CCNCC3)cc(=O)n2c1. The van der Waals surface area contributed by atoms with Crippen molar-refractivity contribution in [2.75, 3.05) is 31.1 Å². The van der Waals surface area contributed by atoms with Crippen molar-refractivity contribution in [1.82, 2.24) is 14.7 Å². The molecule has 0 radical (unpaired) electrons. The van der Waals surface area contributed by atoms with Gasteiger partial charge in [0.1, 0.15) is 11.5 Å². The zero-order valence-electron chi connectivity index (χ0n) is 10.4. The molecule has 0 spiro atoms. The Morgan fingerprint density at radius 1 is 1.28 bits per heavy atom. The van der Waals surface area contributed by atoms with E-state index in [-0.39, 0.29) is 5.56 Å². The molecule has 0 bridgehead atoms. The molecular weight excluding hydrogens is 228 g/mol. The van der Waals surface area contributed by atoms with E-state index in [2.05, 4.69) is 15.2 Å². The van der Waals surface area contributed by atoms with Crippen molar-refractivity contribution >= 4 is 11.5 Å². The van der Waals surface area contributed by atoms with Gasteiger partial charge in [-0.05, 0) is 18.6 Å². The fourth-order valence-corrected chi connectivity index (χ4v) is 2.25. The van der Waals surface area contributed by atoms with Crippen LogP contribution in [0, 0.1) is 6.92 Å². The van der Waals surface area contributed by atoms with Crippen LogP contribution >= 0.6 is 0 Å². The summed E-state index contributed by atoms with van der Waals surface area (Å²) in [7, 11) is 0. The summed E-state index contributed by atoms with van der Waals surface area (Å²) < 4.78 is 1.60. The summed E-state index contributed by atoms with van der Waals surface area (Å²) in [6.07, 6.45) is 1.83. The third-order valence-corrected chi connectivity index (χ3v) is 3.23. The maximum absolute atomic E-state index is 12.1. The molecule has 1 N–H and O–H groups in total. The van der Waals surface area contributed by atoms with Gasteiger partial charge in [-0.1, -0.05) is 6.07 Å². The molecule has 5 heteroatoms. The third-order valence-electron chi connectivity index (χ3n) is 3.23. The summed E-state index contributed by atoms with van der Waals surface area (Å²) in [4.78, 5) is 18.8. The summed E-state index contributed by atoms with van der Waals surface area (Å²) >= 11 is 0. The van der Waals surface area contributed by atoms with Crippen molar-refractivity contribution in [3.8, 4) is 0 Å². The lowest BCUT2D eigenvalue weighted by Crippen LogP contribution is -2.44. The number of fused-ring (bicyclic) bond motifs is 1. The van der Waals surface area contributed by atoms with Crippen molar-refractivity contribution in [2.45, 2.75) is 6.92 Å². The molecule has 0 unspecified atom stereocenters. The predicted molar refractivity (Wildman–Crippen MR) is 71.3 cm³/mol. The lowest BCUT2D eigenvalue weighted by molar-refractivity contribution is 0.584. The Kier molecular flexibility index (Phi) is 2.76. The van der Waals surface area contributed by atoms with E-state index < -0.39 is 0 Å². The third kappa shape index (κ3) is 1.97. The van der Waals surface area contributed by atoms with Crippen LogP contribution in [0.4, 0.5) is 5.82 Å². The Balaban J connectivity index is 2.09. The highest BCUT2D eigenvalue weighted by molar-refractivity contribution is 5.49. The van der Waals surface area contributed by atoms with E-state index in [1.54, 1.807) is 10.5 Å². The van der Waals surface area contributed by atoms with Crippen molar-refractivity contribution in [1.29, 1.82) is 0 Å². The molecule has 1 fully saturated rings. The van der Waals surface area contributed by atoms with Gasteiger partial charge in [-0.2, -0.15) is 0 Å². The van der Waals surface area contributed by atoms with Crippen molar-refractivity contribution in [3.63, 3.8) is 0 Å². The Bertz CT molecular complexity index is 628. The lowest BCUT2D eigenvalue weighted by Gasteiger charge is -2.28.